The first-order valence-corrected chi connectivity index (χ1v) is 6.12. The molecule has 1 saturated heterocycles. The Bertz CT molecular complexity index is 328. The zero-order chi connectivity index (χ0) is 10.8. The summed E-state index contributed by atoms with van der Waals surface area (Å²) >= 11 is 3.66. The van der Waals surface area contributed by atoms with Crippen molar-refractivity contribution < 1.29 is 4.39 Å². The molecule has 1 aliphatic heterocycles. The van der Waals surface area contributed by atoms with Crippen LogP contribution in [0.2, 0.25) is 0 Å². The minimum atomic E-state index is -0.279. The van der Waals surface area contributed by atoms with Crippen LogP contribution in [-0.2, 0) is 0 Å². The number of hydrogen-bond acceptors (Lipinski definition) is 2. The minimum absolute atomic E-state index is 0.279. The van der Waals surface area contributed by atoms with Crippen molar-refractivity contribution in [3.05, 3.63) is 24.1 Å². The van der Waals surface area contributed by atoms with E-state index in [0.29, 0.717) is 10.9 Å². The van der Waals surface area contributed by atoms with Gasteiger partial charge in [-0.15, -0.1) is 0 Å². The molecule has 2 nitrogen and oxygen atoms in total. The molecule has 0 N–H and O–H groups in total. The maximum Gasteiger partial charge on any atom is 0.141 e. The summed E-state index contributed by atoms with van der Waals surface area (Å²) in [7, 11) is 0. The van der Waals surface area contributed by atoms with Gasteiger partial charge in [-0.2, -0.15) is 0 Å². The molecule has 0 amide bonds. The number of aromatic nitrogens is 1. The van der Waals surface area contributed by atoms with Crippen LogP contribution < -0.4 is 4.90 Å². The summed E-state index contributed by atoms with van der Waals surface area (Å²) in [6.45, 7) is 3.17. The highest BCUT2D eigenvalue weighted by Crippen LogP contribution is 2.27. The molecule has 1 fully saturated rings. The number of anilines is 1. The lowest BCUT2D eigenvalue weighted by molar-refractivity contribution is 0.498. The summed E-state index contributed by atoms with van der Waals surface area (Å²) in [4.78, 5) is 6.84. The van der Waals surface area contributed by atoms with Crippen molar-refractivity contribution in [1.29, 1.82) is 0 Å². The zero-order valence-electron chi connectivity index (χ0n) is 8.66. The van der Waals surface area contributed by atoms with Gasteiger partial charge in [0.25, 0.3) is 0 Å². The average Bonchev–Trinajstić information content (AvgIpc) is 2.24. The topological polar surface area (TPSA) is 16.1 Å². The maximum absolute atomic E-state index is 12.7. The van der Waals surface area contributed by atoms with Gasteiger partial charge in [0.2, 0.25) is 0 Å². The molecular weight excluding hydrogens is 259 g/mol. The fraction of sp³-hybridized carbons (Fsp3) is 0.545. The predicted octanol–water partition coefficient (Wildman–Crippen LogP) is 2.97. The molecule has 0 aliphatic carbocycles. The molecular formula is C11H14BrFN2. The molecule has 15 heavy (non-hydrogen) atoms. The standard InChI is InChI=1S/C11H14BrFN2/c1-8-10(12)3-2-6-15(8)11-5-4-9(13)7-14-11/h4-5,7-8,10H,2-3,6H2,1H3. The SMILES string of the molecule is CC1C(Br)CCCN1c1ccc(F)cn1. The second kappa shape index (κ2) is 4.47. The Morgan fingerprint density at radius 3 is 3.00 bits per heavy atom. The number of nitrogens with zero attached hydrogens (tertiary/aromatic N) is 2. The van der Waals surface area contributed by atoms with Crippen LogP contribution in [-0.4, -0.2) is 22.4 Å². The molecule has 0 radical (unpaired) electrons. The molecule has 2 unspecified atom stereocenters. The van der Waals surface area contributed by atoms with Gasteiger partial charge >= 0.3 is 0 Å². The first-order chi connectivity index (χ1) is 7.18. The molecule has 4 heteroatoms. The number of piperidine rings is 1. The van der Waals surface area contributed by atoms with E-state index in [4.69, 9.17) is 0 Å². The van der Waals surface area contributed by atoms with Crippen LogP contribution in [0.4, 0.5) is 10.2 Å². The summed E-state index contributed by atoms with van der Waals surface area (Å²) in [6, 6.07) is 3.63. The van der Waals surface area contributed by atoms with E-state index >= 15 is 0 Å². The Morgan fingerprint density at radius 1 is 1.53 bits per heavy atom. The first-order valence-electron chi connectivity index (χ1n) is 5.21. The van der Waals surface area contributed by atoms with Gasteiger partial charge < -0.3 is 4.90 Å². The van der Waals surface area contributed by atoms with Gasteiger partial charge in [-0.05, 0) is 31.9 Å². The Kier molecular flexibility index (Phi) is 3.24. The number of pyridine rings is 1. The summed E-state index contributed by atoms with van der Waals surface area (Å²) in [5.41, 5.74) is 0. The van der Waals surface area contributed by atoms with Crippen LogP contribution in [0.25, 0.3) is 0 Å². The fourth-order valence-corrected chi connectivity index (χ4v) is 2.57. The van der Waals surface area contributed by atoms with E-state index in [-0.39, 0.29) is 5.82 Å². The fourth-order valence-electron chi connectivity index (χ4n) is 1.96. The monoisotopic (exact) mass is 272 g/mol. The Hall–Kier alpha value is -0.640. The van der Waals surface area contributed by atoms with Crippen molar-refractivity contribution in [1.82, 2.24) is 4.98 Å². The Labute approximate surface area is 97.6 Å². The van der Waals surface area contributed by atoms with E-state index in [0.717, 1.165) is 18.8 Å². The van der Waals surface area contributed by atoms with E-state index in [1.807, 2.05) is 0 Å². The lowest BCUT2D eigenvalue weighted by atomic mass is 10.0. The van der Waals surface area contributed by atoms with Crippen LogP contribution in [0, 0.1) is 5.82 Å². The van der Waals surface area contributed by atoms with E-state index < -0.39 is 0 Å². The molecule has 82 valence electrons. The number of alkyl halides is 1. The quantitative estimate of drug-likeness (QED) is 0.731. The number of rotatable bonds is 1. The second-order valence-electron chi connectivity index (χ2n) is 3.93. The predicted molar refractivity (Wildman–Crippen MR) is 63.0 cm³/mol. The Balaban J connectivity index is 2.18. The van der Waals surface area contributed by atoms with Crippen LogP contribution >= 0.6 is 15.9 Å². The van der Waals surface area contributed by atoms with Crippen LogP contribution in [0.15, 0.2) is 18.3 Å². The number of halogens is 2. The van der Waals surface area contributed by atoms with Crippen molar-refractivity contribution in [2.45, 2.75) is 30.6 Å². The molecule has 1 aromatic rings. The third-order valence-electron chi connectivity index (χ3n) is 2.90. The number of hydrogen-bond donors (Lipinski definition) is 0. The van der Waals surface area contributed by atoms with Gasteiger partial charge in [0.1, 0.15) is 11.6 Å². The summed E-state index contributed by atoms with van der Waals surface area (Å²) in [5.74, 6) is 0.590. The van der Waals surface area contributed by atoms with Crippen molar-refractivity contribution in [2.75, 3.05) is 11.4 Å². The summed E-state index contributed by atoms with van der Waals surface area (Å²) in [6.07, 6.45) is 3.62. The lowest BCUT2D eigenvalue weighted by Crippen LogP contribution is -2.44. The zero-order valence-corrected chi connectivity index (χ0v) is 10.2. The highest BCUT2D eigenvalue weighted by atomic mass is 79.9. The molecule has 0 saturated carbocycles. The minimum Gasteiger partial charge on any atom is -0.353 e. The van der Waals surface area contributed by atoms with Gasteiger partial charge in [0.05, 0.1) is 6.20 Å². The van der Waals surface area contributed by atoms with E-state index in [1.54, 1.807) is 6.07 Å². The third kappa shape index (κ3) is 2.30. The maximum atomic E-state index is 12.7. The van der Waals surface area contributed by atoms with Gasteiger partial charge in [-0.1, -0.05) is 15.9 Å². The van der Waals surface area contributed by atoms with E-state index in [2.05, 4.69) is 32.7 Å². The van der Waals surface area contributed by atoms with Crippen molar-refractivity contribution in [3.63, 3.8) is 0 Å². The normalized spacial score (nSPS) is 26.7. The molecule has 1 aromatic heterocycles. The van der Waals surface area contributed by atoms with Crippen LogP contribution in [0.1, 0.15) is 19.8 Å². The van der Waals surface area contributed by atoms with E-state index in [1.165, 1.54) is 18.7 Å². The second-order valence-corrected chi connectivity index (χ2v) is 5.10. The van der Waals surface area contributed by atoms with Crippen LogP contribution in [0.3, 0.4) is 0 Å². The summed E-state index contributed by atoms with van der Waals surface area (Å²) in [5, 5.41) is 0. The molecule has 2 atom stereocenters. The third-order valence-corrected chi connectivity index (χ3v) is 4.12. The lowest BCUT2D eigenvalue weighted by Gasteiger charge is -2.37. The highest BCUT2D eigenvalue weighted by molar-refractivity contribution is 9.09. The van der Waals surface area contributed by atoms with Gasteiger partial charge in [0.15, 0.2) is 0 Å². The largest absolute Gasteiger partial charge is 0.353 e. The first kappa shape index (κ1) is 10.9. The molecule has 2 heterocycles. The molecule has 2 rings (SSSR count). The van der Waals surface area contributed by atoms with Crippen LogP contribution in [0.5, 0.6) is 0 Å². The molecule has 0 aromatic carbocycles. The van der Waals surface area contributed by atoms with Gasteiger partial charge in [0, 0.05) is 17.4 Å². The molecule has 0 spiro atoms. The highest BCUT2D eigenvalue weighted by Gasteiger charge is 2.26. The van der Waals surface area contributed by atoms with Crippen molar-refractivity contribution >= 4 is 21.7 Å². The summed E-state index contributed by atoms with van der Waals surface area (Å²) < 4.78 is 12.7. The van der Waals surface area contributed by atoms with E-state index in [9.17, 15) is 4.39 Å². The smallest absolute Gasteiger partial charge is 0.141 e. The molecule has 0 bridgehead atoms. The van der Waals surface area contributed by atoms with Gasteiger partial charge in [-0.25, -0.2) is 9.37 Å². The Morgan fingerprint density at radius 2 is 2.33 bits per heavy atom. The van der Waals surface area contributed by atoms with Crippen molar-refractivity contribution in [2.24, 2.45) is 0 Å². The molecule has 1 aliphatic rings. The van der Waals surface area contributed by atoms with Crippen molar-refractivity contribution in [3.8, 4) is 0 Å². The van der Waals surface area contributed by atoms with Gasteiger partial charge in [-0.3, -0.25) is 0 Å². The average molecular weight is 273 g/mol.